The number of non-ortho nitro benzene ring substituents is 1. The van der Waals surface area contributed by atoms with Crippen molar-refractivity contribution in [3.63, 3.8) is 0 Å². The van der Waals surface area contributed by atoms with E-state index in [0.717, 1.165) is 22.4 Å². The maximum Gasteiger partial charge on any atom is 0.333 e. The fourth-order valence-electron chi connectivity index (χ4n) is 2.79. The zero-order valence-corrected chi connectivity index (χ0v) is 18.7. The molecule has 0 heterocycles. The van der Waals surface area contributed by atoms with Crippen LogP contribution in [0.25, 0.3) is 12.2 Å². The molecule has 3 aromatic rings. The predicted molar refractivity (Wildman–Crippen MR) is 133 cm³/mol. The van der Waals surface area contributed by atoms with Gasteiger partial charge in [0.05, 0.1) is 10.6 Å². The first kappa shape index (κ1) is 24.1. The highest BCUT2D eigenvalue weighted by Gasteiger charge is 2.03. The van der Waals surface area contributed by atoms with E-state index in [4.69, 9.17) is 9.47 Å². The molecular formula is C27H24N2O5. The quantitative estimate of drug-likeness (QED) is 0.0708. The lowest BCUT2D eigenvalue weighted by Gasteiger charge is -2.07. The van der Waals surface area contributed by atoms with E-state index in [1.54, 1.807) is 37.4 Å². The zero-order chi connectivity index (χ0) is 24.3. The van der Waals surface area contributed by atoms with E-state index in [-0.39, 0.29) is 18.9 Å². The van der Waals surface area contributed by atoms with Gasteiger partial charge in [-0.15, -0.1) is 0 Å². The molecule has 34 heavy (non-hydrogen) atoms. The largest absolute Gasteiger partial charge is 0.490 e. The van der Waals surface area contributed by atoms with Crippen molar-refractivity contribution >= 4 is 35.7 Å². The standard InChI is InChI=1S/C27H24N2O5/c1-20(2)27(30)34-18-17-33-26-15-11-24(12-16-26)28-19-23-7-5-21(6-8-23)3-4-22-9-13-25(14-10-22)29(31)32/h3-16,19H,1,17-18H2,2H3/b4-3+,28-19?. The van der Waals surface area contributed by atoms with Crippen molar-refractivity contribution in [2.24, 2.45) is 4.99 Å². The molecule has 0 aliphatic carbocycles. The third-order valence-electron chi connectivity index (χ3n) is 4.64. The lowest BCUT2D eigenvalue weighted by Crippen LogP contribution is -2.12. The van der Waals surface area contributed by atoms with Crippen molar-refractivity contribution in [1.82, 2.24) is 0 Å². The molecule has 0 N–H and O–H groups in total. The Labute approximate surface area is 197 Å². The van der Waals surface area contributed by atoms with Crippen molar-refractivity contribution < 1.29 is 19.2 Å². The highest BCUT2D eigenvalue weighted by atomic mass is 16.6. The van der Waals surface area contributed by atoms with Crippen LogP contribution in [0.5, 0.6) is 5.75 Å². The highest BCUT2D eigenvalue weighted by Crippen LogP contribution is 2.19. The fourth-order valence-corrected chi connectivity index (χ4v) is 2.79. The Morgan fingerprint density at radius 2 is 1.47 bits per heavy atom. The maximum absolute atomic E-state index is 11.3. The Morgan fingerprint density at radius 1 is 0.912 bits per heavy atom. The van der Waals surface area contributed by atoms with Crippen molar-refractivity contribution in [2.75, 3.05) is 13.2 Å². The molecule has 0 radical (unpaired) electrons. The smallest absolute Gasteiger partial charge is 0.333 e. The summed E-state index contributed by atoms with van der Waals surface area (Å²) in [6.45, 7) is 5.53. The van der Waals surface area contributed by atoms with Crippen molar-refractivity contribution in [2.45, 2.75) is 6.92 Å². The van der Waals surface area contributed by atoms with E-state index >= 15 is 0 Å². The number of carbonyl (C=O) groups is 1. The molecule has 3 rings (SSSR count). The van der Waals surface area contributed by atoms with Crippen LogP contribution in [0, 0.1) is 10.1 Å². The number of carbonyl (C=O) groups excluding carboxylic acids is 1. The van der Waals surface area contributed by atoms with Crippen LogP contribution in [-0.2, 0) is 9.53 Å². The van der Waals surface area contributed by atoms with Gasteiger partial charge in [0.25, 0.3) is 5.69 Å². The number of nitro benzene ring substituents is 1. The second kappa shape index (κ2) is 11.9. The molecule has 7 nitrogen and oxygen atoms in total. The average molecular weight is 456 g/mol. The van der Waals surface area contributed by atoms with Crippen LogP contribution < -0.4 is 4.74 Å². The van der Waals surface area contributed by atoms with Crippen molar-refractivity contribution in [3.8, 4) is 5.75 Å². The number of nitro groups is 1. The number of nitrogens with zero attached hydrogens (tertiary/aromatic N) is 2. The molecule has 0 atom stereocenters. The Balaban J connectivity index is 1.49. The van der Waals surface area contributed by atoms with Gasteiger partial charge >= 0.3 is 5.97 Å². The van der Waals surface area contributed by atoms with Crippen molar-refractivity contribution in [1.29, 1.82) is 0 Å². The minimum atomic E-state index is -0.429. The van der Waals surface area contributed by atoms with E-state index in [1.807, 2.05) is 48.6 Å². The molecule has 0 fully saturated rings. The van der Waals surface area contributed by atoms with Crippen LogP contribution in [0.15, 0.2) is 89.9 Å². The average Bonchev–Trinajstić information content (AvgIpc) is 2.85. The van der Waals surface area contributed by atoms with Crippen LogP contribution in [-0.4, -0.2) is 30.3 Å². The Kier molecular flexibility index (Phi) is 8.46. The van der Waals surface area contributed by atoms with Gasteiger partial charge in [-0.3, -0.25) is 15.1 Å². The van der Waals surface area contributed by atoms with Crippen LogP contribution in [0.1, 0.15) is 23.6 Å². The molecule has 172 valence electrons. The molecule has 0 saturated heterocycles. The van der Waals surface area contributed by atoms with Gasteiger partial charge in [0.15, 0.2) is 0 Å². The molecule has 7 heteroatoms. The van der Waals surface area contributed by atoms with Gasteiger partial charge in [-0.25, -0.2) is 4.79 Å². The molecule has 0 aliphatic heterocycles. The second-order valence-electron chi connectivity index (χ2n) is 7.37. The SMILES string of the molecule is C=C(C)C(=O)OCCOc1ccc(N=Cc2ccc(/C=C/c3ccc([N+](=O)[O-])cc3)cc2)cc1. The summed E-state index contributed by atoms with van der Waals surface area (Å²) >= 11 is 0. The van der Waals surface area contributed by atoms with Crippen molar-refractivity contribution in [3.05, 3.63) is 112 Å². The van der Waals surface area contributed by atoms with E-state index in [0.29, 0.717) is 11.3 Å². The molecule has 3 aromatic carbocycles. The van der Waals surface area contributed by atoms with Gasteiger partial charge in [0.1, 0.15) is 19.0 Å². The number of rotatable bonds is 10. The summed E-state index contributed by atoms with van der Waals surface area (Å²) in [4.78, 5) is 26.1. The van der Waals surface area contributed by atoms with Crippen LogP contribution >= 0.6 is 0 Å². The topological polar surface area (TPSA) is 91.0 Å². The summed E-state index contributed by atoms with van der Waals surface area (Å²) in [6.07, 6.45) is 5.62. The monoisotopic (exact) mass is 456 g/mol. The molecular weight excluding hydrogens is 432 g/mol. The minimum Gasteiger partial charge on any atom is -0.490 e. The summed E-state index contributed by atoms with van der Waals surface area (Å²) in [7, 11) is 0. The van der Waals surface area contributed by atoms with E-state index in [1.165, 1.54) is 12.1 Å². The van der Waals surface area contributed by atoms with Gasteiger partial charge in [0, 0.05) is 23.9 Å². The third kappa shape index (κ3) is 7.56. The zero-order valence-electron chi connectivity index (χ0n) is 18.7. The van der Waals surface area contributed by atoms with Crippen LogP contribution in [0.3, 0.4) is 0 Å². The maximum atomic E-state index is 11.3. The molecule has 0 aromatic heterocycles. The Bertz CT molecular complexity index is 1200. The molecule has 0 unspecified atom stereocenters. The van der Waals surface area contributed by atoms with Crippen LogP contribution in [0.2, 0.25) is 0 Å². The Hall–Kier alpha value is -4.52. The first-order chi connectivity index (χ1) is 16.4. The van der Waals surface area contributed by atoms with E-state index < -0.39 is 10.9 Å². The summed E-state index contributed by atoms with van der Waals surface area (Å²) in [5.41, 5.74) is 4.05. The first-order valence-electron chi connectivity index (χ1n) is 10.5. The summed E-state index contributed by atoms with van der Waals surface area (Å²) < 4.78 is 10.5. The molecule has 0 spiro atoms. The number of ether oxygens (including phenoxy) is 2. The van der Waals surface area contributed by atoms with Gasteiger partial charge < -0.3 is 9.47 Å². The molecule has 0 saturated carbocycles. The Morgan fingerprint density at radius 3 is 2.03 bits per heavy atom. The molecule has 0 aliphatic rings. The lowest BCUT2D eigenvalue weighted by atomic mass is 10.1. The van der Waals surface area contributed by atoms with Gasteiger partial charge in [0.2, 0.25) is 0 Å². The second-order valence-corrected chi connectivity index (χ2v) is 7.37. The predicted octanol–water partition coefficient (Wildman–Crippen LogP) is 6.01. The molecule has 0 amide bonds. The van der Waals surface area contributed by atoms with Gasteiger partial charge in [-0.1, -0.05) is 43.0 Å². The number of hydrogen-bond acceptors (Lipinski definition) is 6. The molecule has 0 bridgehead atoms. The summed E-state index contributed by atoms with van der Waals surface area (Å²) in [6, 6.07) is 21.6. The number of hydrogen-bond donors (Lipinski definition) is 0. The minimum absolute atomic E-state index is 0.0737. The highest BCUT2D eigenvalue weighted by molar-refractivity contribution is 5.87. The summed E-state index contributed by atoms with van der Waals surface area (Å²) in [5.74, 6) is 0.233. The van der Waals surface area contributed by atoms with Gasteiger partial charge in [-0.2, -0.15) is 0 Å². The number of aliphatic imine (C=N–C) groups is 1. The van der Waals surface area contributed by atoms with E-state index in [2.05, 4.69) is 11.6 Å². The number of benzene rings is 3. The van der Waals surface area contributed by atoms with Crippen LogP contribution in [0.4, 0.5) is 11.4 Å². The third-order valence-corrected chi connectivity index (χ3v) is 4.64. The fraction of sp³-hybridized carbons (Fsp3) is 0.111. The van der Waals surface area contributed by atoms with Gasteiger partial charge in [-0.05, 0) is 60.0 Å². The number of esters is 1. The summed E-state index contributed by atoms with van der Waals surface area (Å²) in [5, 5.41) is 10.7. The first-order valence-corrected chi connectivity index (χ1v) is 10.5. The van der Waals surface area contributed by atoms with E-state index in [9.17, 15) is 14.9 Å². The normalized spacial score (nSPS) is 11.0. The lowest BCUT2D eigenvalue weighted by molar-refractivity contribution is -0.384.